The first-order valence-electron chi connectivity index (χ1n) is 11.0. The van der Waals surface area contributed by atoms with E-state index in [0.29, 0.717) is 33.4 Å². The van der Waals surface area contributed by atoms with Gasteiger partial charge in [-0.25, -0.2) is 8.42 Å². The maximum atomic E-state index is 13.5. The summed E-state index contributed by atoms with van der Waals surface area (Å²) < 4.78 is 26.3. The third kappa shape index (κ3) is 7.35. The predicted molar refractivity (Wildman–Crippen MR) is 138 cm³/mol. The molecule has 7 nitrogen and oxygen atoms in total. The van der Waals surface area contributed by atoms with E-state index in [9.17, 15) is 18.0 Å². The zero-order valence-corrected chi connectivity index (χ0v) is 22.2. The molecule has 0 aromatic heterocycles. The lowest BCUT2D eigenvalue weighted by Gasteiger charge is -2.32. The maximum absolute atomic E-state index is 13.5. The Kier molecular flexibility index (Phi) is 10.2. The molecule has 2 amide bonds. The molecule has 1 unspecified atom stereocenters. The molecule has 0 aliphatic heterocycles. The minimum Gasteiger partial charge on any atom is -0.354 e. The van der Waals surface area contributed by atoms with Gasteiger partial charge >= 0.3 is 0 Å². The molecule has 0 saturated heterocycles. The molecule has 34 heavy (non-hydrogen) atoms. The van der Waals surface area contributed by atoms with E-state index in [4.69, 9.17) is 23.2 Å². The fourth-order valence-corrected chi connectivity index (χ4v) is 4.83. The highest BCUT2D eigenvalue weighted by molar-refractivity contribution is 7.92. The number of carbonyl (C=O) groups is 2. The van der Waals surface area contributed by atoms with Crippen molar-refractivity contribution >= 4 is 50.7 Å². The van der Waals surface area contributed by atoms with Crippen LogP contribution in [0.1, 0.15) is 37.8 Å². The van der Waals surface area contributed by atoms with Crippen LogP contribution in [0.25, 0.3) is 0 Å². The molecule has 2 aromatic carbocycles. The van der Waals surface area contributed by atoms with Gasteiger partial charge < -0.3 is 10.2 Å². The number of hydrogen-bond acceptors (Lipinski definition) is 4. The zero-order chi connectivity index (χ0) is 25.5. The van der Waals surface area contributed by atoms with Crippen molar-refractivity contribution in [2.24, 2.45) is 0 Å². The van der Waals surface area contributed by atoms with E-state index in [0.717, 1.165) is 23.4 Å². The van der Waals surface area contributed by atoms with E-state index in [-0.39, 0.29) is 12.5 Å². The molecule has 0 heterocycles. The molecule has 0 spiro atoms. The minimum atomic E-state index is -3.79. The van der Waals surface area contributed by atoms with E-state index >= 15 is 0 Å². The molecular weight excluding hydrogens is 497 g/mol. The van der Waals surface area contributed by atoms with Gasteiger partial charge in [0.25, 0.3) is 0 Å². The Morgan fingerprint density at radius 3 is 2.24 bits per heavy atom. The van der Waals surface area contributed by atoms with Crippen LogP contribution in [0, 0.1) is 6.92 Å². The topological polar surface area (TPSA) is 86.8 Å². The van der Waals surface area contributed by atoms with E-state index in [1.54, 1.807) is 56.3 Å². The van der Waals surface area contributed by atoms with Gasteiger partial charge in [0.2, 0.25) is 21.8 Å². The summed E-state index contributed by atoms with van der Waals surface area (Å²) in [7, 11) is -3.79. The molecular formula is C24H31Cl2N3O4S. The highest BCUT2D eigenvalue weighted by atomic mass is 35.5. The number of hydrogen-bond donors (Lipinski definition) is 1. The normalized spacial score (nSPS) is 12.2. The van der Waals surface area contributed by atoms with E-state index in [2.05, 4.69) is 5.32 Å². The third-order valence-corrected chi connectivity index (χ3v) is 7.29. The molecule has 0 aliphatic rings. The largest absolute Gasteiger partial charge is 0.354 e. The SMILES string of the molecule is CCCCNC(=O)C(C)N(Cc1c(Cl)cccc1Cl)C(=O)CN(c1ccccc1C)S(C)(=O)=O. The van der Waals surface area contributed by atoms with Gasteiger partial charge in [0, 0.05) is 28.7 Å². The quantitative estimate of drug-likeness (QED) is 0.438. The Morgan fingerprint density at radius 1 is 1.06 bits per heavy atom. The van der Waals surface area contributed by atoms with Gasteiger partial charge in [0.1, 0.15) is 12.6 Å². The second-order valence-corrected chi connectivity index (χ2v) is 10.8. The zero-order valence-electron chi connectivity index (χ0n) is 19.8. The highest BCUT2D eigenvalue weighted by Crippen LogP contribution is 2.27. The van der Waals surface area contributed by atoms with Crippen LogP contribution in [0.5, 0.6) is 0 Å². The number of halogens is 2. The standard InChI is InChI=1S/C24H31Cl2N3O4S/c1-5-6-14-27-24(31)18(3)28(15-19-20(25)11-9-12-21(19)26)23(30)16-29(34(4,32)33)22-13-8-7-10-17(22)2/h7-13,18H,5-6,14-16H2,1-4H3,(H,27,31). The molecule has 1 N–H and O–H groups in total. The molecule has 2 aromatic rings. The van der Waals surface area contributed by atoms with Gasteiger partial charge in [-0.15, -0.1) is 0 Å². The van der Waals surface area contributed by atoms with Crippen molar-refractivity contribution in [2.45, 2.75) is 46.2 Å². The first kappa shape index (κ1) is 28.0. The van der Waals surface area contributed by atoms with Crippen LogP contribution in [0.2, 0.25) is 10.0 Å². The van der Waals surface area contributed by atoms with Crippen molar-refractivity contribution in [1.29, 1.82) is 0 Å². The van der Waals surface area contributed by atoms with Crippen LogP contribution in [-0.2, 0) is 26.2 Å². The number of para-hydroxylation sites is 1. The number of unbranched alkanes of at least 4 members (excludes halogenated alkanes) is 1. The number of carbonyl (C=O) groups excluding carboxylic acids is 2. The predicted octanol–water partition coefficient (Wildman–Crippen LogP) is 4.40. The second-order valence-electron chi connectivity index (χ2n) is 8.10. The minimum absolute atomic E-state index is 0.0505. The first-order valence-corrected chi connectivity index (χ1v) is 13.6. The average Bonchev–Trinajstić information content (AvgIpc) is 2.76. The van der Waals surface area contributed by atoms with Gasteiger partial charge in [-0.1, -0.05) is 60.8 Å². The van der Waals surface area contributed by atoms with Gasteiger partial charge in [0.15, 0.2) is 0 Å². The summed E-state index contributed by atoms with van der Waals surface area (Å²) in [5, 5.41) is 3.53. The summed E-state index contributed by atoms with van der Waals surface area (Å²) in [4.78, 5) is 27.7. The molecule has 10 heteroatoms. The van der Waals surface area contributed by atoms with Gasteiger partial charge in [0.05, 0.1) is 11.9 Å². The van der Waals surface area contributed by atoms with Crippen molar-refractivity contribution in [1.82, 2.24) is 10.2 Å². The number of sulfonamides is 1. The monoisotopic (exact) mass is 527 g/mol. The molecule has 0 saturated carbocycles. The Hall–Kier alpha value is -2.29. The Balaban J connectivity index is 2.42. The van der Waals surface area contributed by atoms with Crippen LogP contribution in [-0.4, -0.2) is 50.5 Å². The Labute approximate surface area is 212 Å². The smallest absolute Gasteiger partial charge is 0.244 e. The lowest BCUT2D eigenvalue weighted by atomic mass is 10.1. The van der Waals surface area contributed by atoms with Gasteiger partial charge in [-0.05, 0) is 44.0 Å². The molecule has 0 radical (unpaired) electrons. The van der Waals surface area contributed by atoms with Crippen LogP contribution < -0.4 is 9.62 Å². The first-order chi connectivity index (χ1) is 16.0. The number of rotatable bonds is 11. The van der Waals surface area contributed by atoms with Crippen molar-refractivity contribution in [2.75, 3.05) is 23.7 Å². The summed E-state index contributed by atoms with van der Waals surface area (Å²) in [6.45, 7) is 5.33. The highest BCUT2D eigenvalue weighted by Gasteiger charge is 2.31. The second kappa shape index (κ2) is 12.4. The van der Waals surface area contributed by atoms with Gasteiger partial charge in [-0.2, -0.15) is 0 Å². The molecule has 0 fully saturated rings. The lowest BCUT2D eigenvalue weighted by molar-refractivity contribution is -0.139. The van der Waals surface area contributed by atoms with Gasteiger partial charge in [-0.3, -0.25) is 13.9 Å². The Morgan fingerprint density at radius 2 is 1.68 bits per heavy atom. The number of nitrogens with one attached hydrogen (secondary N) is 1. The van der Waals surface area contributed by atoms with Crippen molar-refractivity contribution < 1.29 is 18.0 Å². The number of nitrogens with zero attached hydrogens (tertiary/aromatic N) is 2. The molecule has 2 rings (SSSR count). The van der Waals surface area contributed by atoms with E-state index in [1.807, 2.05) is 6.92 Å². The number of amides is 2. The lowest BCUT2D eigenvalue weighted by Crippen LogP contribution is -2.51. The number of anilines is 1. The molecule has 0 bridgehead atoms. The summed E-state index contributed by atoms with van der Waals surface area (Å²) in [6.07, 6.45) is 2.76. The van der Waals surface area contributed by atoms with E-state index in [1.165, 1.54) is 4.90 Å². The molecule has 1 atom stereocenters. The van der Waals surface area contributed by atoms with E-state index < -0.39 is 28.5 Å². The summed E-state index contributed by atoms with van der Waals surface area (Å²) in [5.41, 5.74) is 1.58. The number of benzene rings is 2. The van der Waals surface area contributed by atoms with Crippen molar-refractivity contribution in [3.05, 3.63) is 63.6 Å². The van der Waals surface area contributed by atoms with Crippen LogP contribution in [0.4, 0.5) is 5.69 Å². The van der Waals surface area contributed by atoms with Crippen molar-refractivity contribution in [3.63, 3.8) is 0 Å². The summed E-state index contributed by atoms with van der Waals surface area (Å²) in [5.74, 6) is -0.894. The van der Waals surface area contributed by atoms with Crippen molar-refractivity contribution in [3.8, 4) is 0 Å². The van der Waals surface area contributed by atoms with Crippen LogP contribution in [0.15, 0.2) is 42.5 Å². The number of aryl methyl sites for hydroxylation is 1. The summed E-state index contributed by atoms with van der Waals surface area (Å²) in [6, 6.07) is 11.0. The third-order valence-electron chi connectivity index (χ3n) is 5.45. The Bertz CT molecular complexity index is 1100. The molecule has 186 valence electrons. The molecule has 0 aliphatic carbocycles. The van der Waals surface area contributed by atoms with Crippen LogP contribution >= 0.6 is 23.2 Å². The maximum Gasteiger partial charge on any atom is 0.244 e. The summed E-state index contributed by atoms with van der Waals surface area (Å²) >= 11 is 12.7. The van der Waals surface area contributed by atoms with Crippen LogP contribution in [0.3, 0.4) is 0 Å². The fourth-order valence-electron chi connectivity index (χ4n) is 3.41. The average molecular weight is 529 g/mol. The fraction of sp³-hybridized carbons (Fsp3) is 0.417.